The van der Waals surface area contributed by atoms with E-state index in [1.165, 1.54) is 38.9 Å². The van der Waals surface area contributed by atoms with E-state index >= 15 is 0 Å². The highest BCUT2D eigenvalue weighted by Gasteiger charge is 2.16. The van der Waals surface area contributed by atoms with Gasteiger partial charge >= 0.3 is 0 Å². The van der Waals surface area contributed by atoms with E-state index in [1.54, 1.807) is 0 Å². The van der Waals surface area contributed by atoms with E-state index in [0.717, 1.165) is 24.7 Å². The Labute approximate surface area is 111 Å². The van der Waals surface area contributed by atoms with Crippen molar-refractivity contribution in [1.82, 2.24) is 4.90 Å². The molecule has 1 heterocycles. The first-order chi connectivity index (χ1) is 8.88. The van der Waals surface area contributed by atoms with Crippen molar-refractivity contribution in [2.45, 2.75) is 32.6 Å². The summed E-state index contributed by atoms with van der Waals surface area (Å²) < 4.78 is 5.71. The first-order valence-electron chi connectivity index (χ1n) is 7.28. The van der Waals surface area contributed by atoms with Crippen molar-refractivity contribution in [3.63, 3.8) is 0 Å². The Hall–Kier alpha value is -1.02. The highest BCUT2D eigenvalue weighted by Crippen LogP contribution is 2.19. The van der Waals surface area contributed by atoms with Crippen LogP contribution in [-0.4, -0.2) is 31.1 Å². The van der Waals surface area contributed by atoms with Gasteiger partial charge in [-0.05, 0) is 50.4 Å². The number of para-hydroxylation sites is 1. The number of rotatable bonds is 6. The first-order valence-corrected chi connectivity index (χ1v) is 7.28. The molecule has 0 bridgehead atoms. The molecule has 0 saturated carbocycles. The smallest absolute Gasteiger partial charge is 0.119 e. The van der Waals surface area contributed by atoms with E-state index in [9.17, 15) is 0 Å². The fourth-order valence-electron chi connectivity index (χ4n) is 2.61. The summed E-state index contributed by atoms with van der Waals surface area (Å²) in [5.74, 6) is 1.96. The van der Waals surface area contributed by atoms with Crippen LogP contribution in [0.3, 0.4) is 0 Å². The summed E-state index contributed by atoms with van der Waals surface area (Å²) in [6.07, 6.45) is 5.25. The van der Waals surface area contributed by atoms with Gasteiger partial charge in [0.05, 0.1) is 6.61 Å². The monoisotopic (exact) mass is 247 g/mol. The topological polar surface area (TPSA) is 12.5 Å². The summed E-state index contributed by atoms with van der Waals surface area (Å²) in [5, 5.41) is 0. The number of likely N-dealkylation sites (tertiary alicyclic amines) is 1. The third kappa shape index (κ3) is 4.34. The highest BCUT2D eigenvalue weighted by molar-refractivity contribution is 5.20. The van der Waals surface area contributed by atoms with Crippen LogP contribution >= 0.6 is 0 Å². The lowest BCUT2D eigenvalue weighted by Crippen LogP contribution is -2.34. The van der Waals surface area contributed by atoms with E-state index in [1.807, 2.05) is 30.3 Å². The van der Waals surface area contributed by atoms with E-state index < -0.39 is 0 Å². The van der Waals surface area contributed by atoms with Gasteiger partial charge in [-0.3, -0.25) is 0 Å². The molecule has 1 fully saturated rings. The van der Waals surface area contributed by atoms with Crippen molar-refractivity contribution in [3.05, 3.63) is 30.3 Å². The fraction of sp³-hybridized carbons (Fsp3) is 0.625. The van der Waals surface area contributed by atoms with Crippen molar-refractivity contribution >= 4 is 0 Å². The number of nitrogens with zero attached hydrogens (tertiary/aromatic N) is 1. The predicted octanol–water partition coefficient (Wildman–Crippen LogP) is 3.58. The molecule has 1 aliphatic rings. The van der Waals surface area contributed by atoms with Crippen LogP contribution in [-0.2, 0) is 0 Å². The van der Waals surface area contributed by atoms with Gasteiger partial charge in [0.15, 0.2) is 0 Å². The predicted molar refractivity (Wildman–Crippen MR) is 76.0 cm³/mol. The molecule has 1 aromatic rings. The van der Waals surface area contributed by atoms with Gasteiger partial charge in [-0.15, -0.1) is 0 Å². The zero-order valence-corrected chi connectivity index (χ0v) is 11.5. The number of benzene rings is 1. The SMILES string of the molecule is CCC1CCN(CCCOc2ccccc2)CC1. The lowest BCUT2D eigenvalue weighted by atomic mass is 9.94. The molecular formula is C16H25NO. The largest absolute Gasteiger partial charge is 0.494 e. The fourth-order valence-corrected chi connectivity index (χ4v) is 2.61. The van der Waals surface area contributed by atoms with Crippen molar-refractivity contribution in [3.8, 4) is 5.75 Å². The van der Waals surface area contributed by atoms with Crippen molar-refractivity contribution in [2.75, 3.05) is 26.2 Å². The Morgan fingerprint density at radius 1 is 1.17 bits per heavy atom. The Morgan fingerprint density at radius 3 is 2.56 bits per heavy atom. The zero-order valence-electron chi connectivity index (χ0n) is 11.5. The molecule has 1 aromatic carbocycles. The minimum atomic E-state index is 0.831. The molecule has 0 atom stereocenters. The normalized spacial score (nSPS) is 17.8. The molecule has 0 aliphatic carbocycles. The van der Waals surface area contributed by atoms with Gasteiger partial charge in [0.2, 0.25) is 0 Å². The van der Waals surface area contributed by atoms with Crippen LogP contribution in [0, 0.1) is 5.92 Å². The number of piperidine rings is 1. The van der Waals surface area contributed by atoms with Crippen molar-refractivity contribution < 1.29 is 4.74 Å². The first kappa shape index (κ1) is 13.4. The van der Waals surface area contributed by atoms with Crippen LogP contribution in [0.25, 0.3) is 0 Å². The third-order valence-corrected chi connectivity index (χ3v) is 3.92. The van der Waals surface area contributed by atoms with Crippen LogP contribution < -0.4 is 4.74 Å². The van der Waals surface area contributed by atoms with Crippen molar-refractivity contribution in [2.24, 2.45) is 5.92 Å². The Kier molecular flexibility index (Phi) is 5.53. The van der Waals surface area contributed by atoms with E-state index in [-0.39, 0.29) is 0 Å². The molecule has 0 spiro atoms. The summed E-state index contributed by atoms with van der Waals surface area (Å²) in [6.45, 7) is 6.89. The molecule has 0 unspecified atom stereocenters. The van der Waals surface area contributed by atoms with Crippen LogP contribution in [0.15, 0.2) is 30.3 Å². The lowest BCUT2D eigenvalue weighted by molar-refractivity contribution is 0.169. The lowest BCUT2D eigenvalue weighted by Gasteiger charge is -2.31. The zero-order chi connectivity index (χ0) is 12.6. The van der Waals surface area contributed by atoms with Crippen LogP contribution in [0.1, 0.15) is 32.6 Å². The van der Waals surface area contributed by atoms with Gasteiger partial charge in [0.1, 0.15) is 5.75 Å². The quantitative estimate of drug-likeness (QED) is 0.712. The average molecular weight is 247 g/mol. The number of ether oxygens (including phenoxy) is 1. The van der Waals surface area contributed by atoms with E-state index in [4.69, 9.17) is 4.74 Å². The molecule has 0 N–H and O–H groups in total. The van der Waals surface area contributed by atoms with Gasteiger partial charge < -0.3 is 9.64 Å². The Balaban J connectivity index is 1.56. The third-order valence-electron chi connectivity index (χ3n) is 3.92. The molecular weight excluding hydrogens is 222 g/mol. The van der Waals surface area contributed by atoms with Crippen LogP contribution in [0.4, 0.5) is 0 Å². The maximum Gasteiger partial charge on any atom is 0.119 e. The number of hydrogen-bond acceptors (Lipinski definition) is 2. The van der Waals surface area contributed by atoms with Crippen LogP contribution in [0.2, 0.25) is 0 Å². The van der Waals surface area contributed by atoms with E-state index in [2.05, 4.69) is 11.8 Å². The molecule has 1 saturated heterocycles. The second kappa shape index (κ2) is 7.42. The van der Waals surface area contributed by atoms with Gasteiger partial charge in [0.25, 0.3) is 0 Å². The average Bonchev–Trinajstić information content (AvgIpc) is 2.45. The summed E-state index contributed by atoms with van der Waals surface area (Å²) in [5.41, 5.74) is 0. The molecule has 0 radical (unpaired) electrons. The van der Waals surface area contributed by atoms with Gasteiger partial charge in [-0.25, -0.2) is 0 Å². The molecule has 1 aliphatic heterocycles. The van der Waals surface area contributed by atoms with E-state index in [0.29, 0.717) is 0 Å². The molecule has 18 heavy (non-hydrogen) atoms. The standard InChI is InChI=1S/C16H25NO/c1-2-15-9-12-17(13-10-15)11-6-14-18-16-7-4-3-5-8-16/h3-5,7-8,15H,2,6,9-14H2,1H3. The van der Waals surface area contributed by atoms with Gasteiger partial charge in [-0.2, -0.15) is 0 Å². The Morgan fingerprint density at radius 2 is 1.89 bits per heavy atom. The maximum atomic E-state index is 5.71. The molecule has 0 aromatic heterocycles. The summed E-state index contributed by atoms with van der Waals surface area (Å²) in [7, 11) is 0. The minimum absolute atomic E-state index is 0.831. The molecule has 2 nitrogen and oxygen atoms in total. The summed E-state index contributed by atoms with van der Waals surface area (Å²) in [4.78, 5) is 2.58. The summed E-state index contributed by atoms with van der Waals surface area (Å²) >= 11 is 0. The van der Waals surface area contributed by atoms with Gasteiger partial charge in [-0.1, -0.05) is 31.5 Å². The second-order valence-electron chi connectivity index (χ2n) is 5.21. The molecule has 2 rings (SSSR count). The van der Waals surface area contributed by atoms with Crippen molar-refractivity contribution in [1.29, 1.82) is 0 Å². The van der Waals surface area contributed by atoms with Crippen LogP contribution in [0.5, 0.6) is 5.75 Å². The highest BCUT2D eigenvalue weighted by atomic mass is 16.5. The molecule has 100 valence electrons. The van der Waals surface area contributed by atoms with Gasteiger partial charge in [0, 0.05) is 6.54 Å². The molecule has 0 amide bonds. The minimum Gasteiger partial charge on any atom is -0.494 e. The number of hydrogen-bond donors (Lipinski definition) is 0. The maximum absolute atomic E-state index is 5.71. The molecule has 2 heteroatoms. The summed E-state index contributed by atoms with van der Waals surface area (Å²) in [6, 6.07) is 10.1. The Bertz CT molecular complexity index is 317. The second-order valence-corrected chi connectivity index (χ2v) is 5.21.